The second kappa shape index (κ2) is 13.6. The predicted octanol–water partition coefficient (Wildman–Crippen LogP) is 8.32. The van der Waals surface area contributed by atoms with Crippen molar-refractivity contribution in [1.29, 1.82) is 0 Å². The van der Waals surface area contributed by atoms with Gasteiger partial charge in [-0.05, 0) is 103 Å². The largest absolute Gasteiger partial charge is 0.490 e. The molecule has 3 heteroatoms. The molecule has 0 spiro atoms. The molecule has 0 saturated carbocycles. The Bertz CT molecular complexity index is 1040. The Hall–Kier alpha value is -2.81. The van der Waals surface area contributed by atoms with Crippen LogP contribution >= 0.6 is 0 Å². The van der Waals surface area contributed by atoms with Crippen LogP contribution < -0.4 is 10.4 Å². The van der Waals surface area contributed by atoms with E-state index < -0.39 is 0 Å². The molecule has 0 saturated heterocycles. The summed E-state index contributed by atoms with van der Waals surface area (Å²) < 4.78 is 11.0. The van der Waals surface area contributed by atoms with Crippen LogP contribution in [0.5, 0.6) is 5.75 Å². The number of allylic oxidation sites excluding steroid dienone is 7. The van der Waals surface area contributed by atoms with Gasteiger partial charge in [0, 0.05) is 11.5 Å². The van der Waals surface area contributed by atoms with E-state index in [1.165, 1.54) is 28.4 Å². The molecule has 2 rings (SSSR count). The minimum atomic E-state index is -0.337. The number of rotatable bonds is 12. The van der Waals surface area contributed by atoms with Crippen molar-refractivity contribution < 1.29 is 9.15 Å². The van der Waals surface area contributed by atoms with Crippen molar-refractivity contribution in [3.05, 3.63) is 87.3 Å². The maximum absolute atomic E-state index is 11.3. The van der Waals surface area contributed by atoms with Gasteiger partial charge in [0.25, 0.3) is 0 Å². The molecule has 172 valence electrons. The van der Waals surface area contributed by atoms with Crippen LogP contribution in [-0.4, -0.2) is 6.61 Å². The smallest absolute Gasteiger partial charge is 0.336 e. The van der Waals surface area contributed by atoms with E-state index in [-0.39, 0.29) is 5.63 Å². The minimum absolute atomic E-state index is 0.337. The van der Waals surface area contributed by atoms with E-state index in [9.17, 15) is 4.79 Å². The Morgan fingerprint density at radius 2 is 1.38 bits per heavy atom. The van der Waals surface area contributed by atoms with Crippen molar-refractivity contribution in [3.8, 4) is 5.75 Å². The van der Waals surface area contributed by atoms with Gasteiger partial charge in [-0.3, -0.25) is 0 Å². The van der Waals surface area contributed by atoms with Crippen molar-refractivity contribution >= 4 is 11.0 Å². The number of benzene rings is 1. The van der Waals surface area contributed by atoms with Crippen LogP contribution in [0.4, 0.5) is 0 Å². The first-order valence-corrected chi connectivity index (χ1v) is 11.6. The molecule has 0 fully saturated rings. The third-order valence-corrected chi connectivity index (χ3v) is 5.43. The quantitative estimate of drug-likeness (QED) is 0.249. The molecule has 0 aliphatic heterocycles. The van der Waals surface area contributed by atoms with E-state index in [2.05, 4.69) is 58.9 Å². The summed E-state index contributed by atoms with van der Waals surface area (Å²) in [5.74, 6) is 0.773. The molecule has 0 aliphatic carbocycles. The number of hydrogen-bond acceptors (Lipinski definition) is 3. The molecule has 0 atom stereocenters. The highest BCUT2D eigenvalue weighted by molar-refractivity contribution is 5.77. The Kier molecular flexibility index (Phi) is 10.8. The Labute approximate surface area is 193 Å². The summed E-state index contributed by atoms with van der Waals surface area (Å²) in [5, 5.41) is 0.862. The number of ether oxygens (including phenoxy) is 1. The molecular formula is C29H38O3. The molecule has 0 N–H and O–H groups in total. The Morgan fingerprint density at radius 3 is 2.00 bits per heavy atom. The second-order valence-electron chi connectivity index (χ2n) is 8.81. The van der Waals surface area contributed by atoms with E-state index in [0.29, 0.717) is 12.2 Å². The fourth-order valence-electron chi connectivity index (χ4n) is 3.41. The second-order valence-corrected chi connectivity index (χ2v) is 8.81. The zero-order chi connectivity index (χ0) is 23.3. The van der Waals surface area contributed by atoms with Gasteiger partial charge in [-0.2, -0.15) is 0 Å². The van der Waals surface area contributed by atoms with Crippen LogP contribution in [0, 0.1) is 0 Å². The first-order chi connectivity index (χ1) is 15.3. The van der Waals surface area contributed by atoms with Gasteiger partial charge in [-0.1, -0.05) is 40.5 Å². The highest BCUT2D eigenvalue weighted by atomic mass is 16.5. The van der Waals surface area contributed by atoms with Crippen molar-refractivity contribution in [2.45, 2.75) is 73.1 Å². The predicted molar refractivity (Wildman–Crippen MR) is 136 cm³/mol. The maximum Gasteiger partial charge on any atom is 0.336 e. The van der Waals surface area contributed by atoms with Crippen molar-refractivity contribution in [1.82, 2.24) is 0 Å². The fraction of sp³-hybridized carbons (Fsp3) is 0.414. The Morgan fingerprint density at radius 1 is 0.781 bits per heavy atom. The van der Waals surface area contributed by atoms with Gasteiger partial charge in [-0.25, -0.2) is 4.79 Å². The first kappa shape index (κ1) is 25.5. The summed E-state index contributed by atoms with van der Waals surface area (Å²) in [7, 11) is 0. The summed E-state index contributed by atoms with van der Waals surface area (Å²) in [6.07, 6.45) is 15.9. The standard InChI is InChI=1S/C29H38O3/c1-22(2)9-6-10-23(3)11-7-12-24(4)13-8-14-25(5)19-20-31-27-16-17-28-26(21-27)15-18-29(30)32-28/h9,11,13,15-19,21H,6-8,10,12,14,20H2,1-5H3. The van der Waals surface area contributed by atoms with Crippen LogP contribution in [0.1, 0.15) is 73.1 Å². The zero-order valence-electron chi connectivity index (χ0n) is 20.4. The van der Waals surface area contributed by atoms with Gasteiger partial charge < -0.3 is 9.15 Å². The van der Waals surface area contributed by atoms with E-state index in [0.717, 1.165) is 49.7 Å². The van der Waals surface area contributed by atoms with Crippen LogP contribution in [0.15, 0.2) is 86.1 Å². The summed E-state index contributed by atoms with van der Waals surface area (Å²) >= 11 is 0. The lowest BCUT2D eigenvalue weighted by molar-refractivity contribution is 0.362. The van der Waals surface area contributed by atoms with Gasteiger partial charge in [0.1, 0.15) is 17.9 Å². The lowest BCUT2D eigenvalue weighted by atomic mass is 10.0. The third-order valence-electron chi connectivity index (χ3n) is 5.43. The van der Waals surface area contributed by atoms with Gasteiger partial charge >= 0.3 is 5.63 Å². The van der Waals surface area contributed by atoms with Crippen LogP contribution in [0.25, 0.3) is 11.0 Å². The van der Waals surface area contributed by atoms with Crippen molar-refractivity contribution in [2.24, 2.45) is 0 Å². The van der Waals surface area contributed by atoms with E-state index in [4.69, 9.17) is 9.15 Å². The molecule has 0 aliphatic rings. The number of fused-ring (bicyclic) bond motifs is 1. The average Bonchev–Trinajstić information content (AvgIpc) is 2.73. The molecular weight excluding hydrogens is 396 g/mol. The molecule has 32 heavy (non-hydrogen) atoms. The highest BCUT2D eigenvalue weighted by Crippen LogP contribution is 2.20. The van der Waals surface area contributed by atoms with Crippen LogP contribution in [-0.2, 0) is 0 Å². The lowest BCUT2D eigenvalue weighted by Gasteiger charge is -2.06. The maximum atomic E-state index is 11.3. The molecule has 1 heterocycles. The van der Waals surface area contributed by atoms with Gasteiger partial charge in [0.15, 0.2) is 0 Å². The fourth-order valence-corrected chi connectivity index (χ4v) is 3.41. The molecule has 0 unspecified atom stereocenters. The third kappa shape index (κ3) is 10.00. The van der Waals surface area contributed by atoms with Crippen molar-refractivity contribution in [2.75, 3.05) is 6.61 Å². The molecule has 0 radical (unpaired) electrons. The van der Waals surface area contributed by atoms with Gasteiger partial charge in [0.2, 0.25) is 0 Å². The molecule has 3 nitrogen and oxygen atoms in total. The van der Waals surface area contributed by atoms with E-state index in [1.807, 2.05) is 12.1 Å². The first-order valence-electron chi connectivity index (χ1n) is 11.6. The van der Waals surface area contributed by atoms with Crippen LogP contribution in [0.3, 0.4) is 0 Å². The lowest BCUT2D eigenvalue weighted by Crippen LogP contribution is -1.97. The monoisotopic (exact) mass is 434 g/mol. The SMILES string of the molecule is CC(C)=CCCC(C)=CCCC(C)=CCCC(C)=CCOc1ccc2oc(=O)ccc2c1. The van der Waals surface area contributed by atoms with Gasteiger partial charge in [-0.15, -0.1) is 0 Å². The zero-order valence-corrected chi connectivity index (χ0v) is 20.4. The summed E-state index contributed by atoms with van der Waals surface area (Å²) in [4.78, 5) is 11.3. The number of hydrogen-bond donors (Lipinski definition) is 0. The van der Waals surface area contributed by atoms with Gasteiger partial charge in [0.05, 0.1) is 0 Å². The topological polar surface area (TPSA) is 39.4 Å². The molecule has 1 aromatic heterocycles. The highest BCUT2D eigenvalue weighted by Gasteiger charge is 2.00. The van der Waals surface area contributed by atoms with Crippen molar-refractivity contribution in [3.63, 3.8) is 0 Å². The summed E-state index contributed by atoms with van der Waals surface area (Å²) in [5.41, 5.74) is 5.92. The summed E-state index contributed by atoms with van der Waals surface area (Å²) in [6.45, 7) is 11.5. The normalized spacial score (nSPS) is 12.8. The average molecular weight is 435 g/mol. The molecule has 0 amide bonds. The molecule has 1 aromatic carbocycles. The molecule has 2 aromatic rings. The minimum Gasteiger partial charge on any atom is -0.490 e. The van der Waals surface area contributed by atoms with Crippen LogP contribution in [0.2, 0.25) is 0 Å². The van der Waals surface area contributed by atoms with E-state index in [1.54, 1.807) is 12.1 Å². The molecule has 0 bridgehead atoms. The summed E-state index contributed by atoms with van der Waals surface area (Å²) in [6, 6.07) is 8.68. The Balaban J connectivity index is 1.69. The van der Waals surface area contributed by atoms with E-state index >= 15 is 0 Å².